The summed E-state index contributed by atoms with van der Waals surface area (Å²) in [6.07, 6.45) is 0.0808. The van der Waals surface area contributed by atoms with Crippen LogP contribution in [0.3, 0.4) is 0 Å². The summed E-state index contributed by atoms with van der Waals surface area (Å²) in [6, 6.07) is 15.1. The van der Waals surface area contributed by atoms with Gasteiger partial charge in [-0.15, -0.1) is 0 Å². The number of amides is 1. The molecule has 2 heterocycles. The van der Waals surface area contributed by atoms with Gasteiger partial charge < -0.3 is 23.7 Å². The van der Waals surface area contributed by atoms with Gasteiger partial charge in [0, 0.05) is 25.1 Å². The molecule has 0 aliphatic carbocycles. The van der Waals surface area contributed by atoms with Crippen LogP contribution in [0, 0.1) is 0 Å². The monoisotopic (exact) mass is 495 g/mol. The second-order valence-electron chi connectivity index (χ2n) is 8.45. The lowest BCUT2D eigenvalue weighted by atomic mass is 9.91. The fraction of sp³-hybridized carbons (Fsp3) is 0.370. The van der Waals surface area contributed by atoms with Crippen molar-refractivity contribution in [3.63, 3.8) is 0 Å². The van der Waals surface area contributed by atoms with Crippen molar-refractivity contribution in [2.45, 2.75) is 44.6 Å². The molecule has 0 radical (unpaired) electrons. The quantitative estimate of drug-likeness (QED) is 0.512. The van der Waals surface area contributed by atoms with Gasteiger partial charge in [0.1, 0.15) is 11.5 Å². The molecule has 4 rings (SSSR count). The largest absolute Gasteiger partial charge is 0.497 e. The Bertz CT molecular complexity index is 1090. The molecule has 2 atom stereocenters. The van der Waals surface area contributed by atoms with Crippen LogP contribution in [-0.4, -0.2) is 61.5 Å². The summed E-state index contributed by atoms with van der Waals surface area (Å²) < 4.78 is 27.4. The normalized spacial score (nSPS) is 20.1. The highest BCUT2D eigenvalue weighted by atomic mass is 16.7. The van der Waals surface area contributed by atoms with E-state index >= 15 is 0 Å². The molecular formula is C27H29NO8. The number of methoxy groups -OCH3 is 1. The molecule has 2 aliphatic heterocycles. The van der Waals surface area contributed by atoms with E-state index in [0.717, 1.165) is 5.56 Å². The first-order chi connectivity index (χ1) is 17.4. The number of carbonyl (C=O) groups is 3. The highest BCUT2D eigenvalue weighted by Crippen LogP contribution is 2.30. The molecule has 9 heteroatoms. The molecule has 190 valence electrons. The van der Waals surface area contributed by atoms with E-state index in [-0.39, 0.29) is 6.42 Å². The smallest absolute Gasteiger partial charge is 0.419 e. The second kappa shape index (κ2) is 11.8. The Hall–Kier alpha value is -3.69. The molecule has 0 unspecified atom stereocenters. The highest BCUT2D eigenvalue weighted by molar-refractivity contribution is 5.98. The fourth-order valence-corrected chi connectivity index (χ4v) is 4.29. The van der Waals surface area contributed by atoms with Crippen molar-refractivity contribution >= 4 is 17.8 Å². The number of ketones is 1. The molecule has 2 aliphatic rings. The number of ether oxygens (including phenoxy) is 5. The van der Waals surface area contributed by atoms with E-state index in [1.165, 1.54) is 17.9 Å². The molecule has 2 aromatic carbocycles. The van der Waals surface area contributed by atoms with E-state index in [4.69, 9.17) is 23.7 Å². The number of para-hydroxylation sites is 1. The van der Waals surface area contributed by atoms with Crippen LogP contribution in [-0.2, 0) is 30.2 Å². The summed E-state index contributed by atoms with van der Waals surface area (Å²) in [5.74, 6) is 0.0192. The molecule has 0 N–H and O–H groups in total. The van der Waals surface area contributed by atoms with Gasteiger partial charge in [-0.05, 0) is 42.7 Å². The minimum atomic E-state index is -1.18. The van der Waals surface area contributed by atoms with Crippen molar-refractivity contribution in [2.24, 2.45) is 0 Å². The van der Waals surface area contributed by atoms with Gasteiger partial charge in [0.25, 0.3) is 0 Å². The van der Waals surface area contributed by atoms with Crippen LogP contribution < -0.4 is 9.47 Å². The number of rotatable bonds is 8. The number of hydrogen-bond donors (Lipinski definition) is 0. The van der Waals surface area contributed by atoms with E-state index in [0.29, 0.717) is 43.3 Å². The number of esters is 1. The maximum atomic E-state index is 13.5. The molecule has 1 saturated heterocycles. The van der Waals surface area contributed by atoms with E-state index in [2.05, 4.69) is 0 Å². The first-order valence-corrected chi connectivity index (χ1v) is 11.8. The second-order valence-corrected chi connectivity index (χ2v) is 8.45. The zero-order valence-electron chi connectivity index (χ0n) is 20.3. The van der Waals surface area contributed by atoms with Gasteiger partial charge >= 0.3 is 12.1 Å². The number of hydrogen-bond acceptors (Lipinski definition) is 8. The van der Waals surface area contributed by atoms with Crippen molar-refractivity contribution in [3.05, 3.63) is 71.9 Å². The fourth-order valence-electron chi connectivity index (χ4n) is 4.29. The molecule has 1 amide bonds. The maximum absolute atomic E-state index is 13.5. The van der Waals surface area contributed by atoms with Gasteiger partial charge in [0.05, 0.1) is 26.4 Å². The van der Waals surface area contributed by atoms with Gasteiger partial charge in [0.15, 0.2) is 18.2 Å². The summed E-state index contributed by atoms with van der Waals surface area (Å²) in [5, 5.41) is 0. The molecule has 9 nitrogen and oxygen atoms in total. The van der Waals surface area contributed by atoms with Crippen LogP contribution in [0.15, 0.2) is 66.4 Å². The first kappa shape index (κ1) is 25.4. The van der Waals surface area contributed by atoms with Gasteiger partial charge in [-0.2, -0.15) is 0 Å². The molecular weight excluding hydrogens is 466 g/mol. The Morgan fingerprint density at radius 1 is 1.00 bits per heavy atom. The average Bonchev–Trinajstić information content (AvgIpc) is 3.39. The number of nitrogens with zero attached hydrogens (tertiary/aromatic N) is 1. The van der Waals surface area contributed by atoms with E-state index < -0.39 is 36.3 Å². The minimum absolute atomic E-state index is 0.241. The summed E-state index contributed by atoms with van der Waals surface area (Å²) in [7, 11) is 1.57. The molecule has 2 aromatic rings. The number of benzene rings is 2. The Balaban J connectivity index is 1.67. The van der Waals surface area contributed by atoms with Crippen molar-refractivity contribution < 1.29 is 38.1 Å². The minimum Gasteiger partial charge on any atom is -0.497 e. The lowest BCUT2D eigenvalue weighted by Gasteiger charge is -2.39. The predicted molar refractivity (Wildman–Crippen MR) is 128 cm³/mol. The zero-order chi connectivity index (χ0) is 25.5. The van der Waals surface area contributed by atoms with Crippen LogP contribution in [0.25, 0.3) is 0 Å². The van der Waals surface area contributed by atoms with Crippen LogP contribution >= 0.6 is 0 Å². The lowest BCUT2D eigenvalue weighted by molar-refractivity contribution is -0.155. The van der Waals surface area contributed by atoms with Crippen molar-refractivity contribution in [2.75, 3.05) is 20.3 Å². The topological polar surface area (TPSA) is 101 Å². The third-order valence-corrected chi connectivity index (χ3v) is 5.95. The van der Waals surface area contributed by atoms with Crippen molar-refractivity contribution in [1.82, 2.24) is 4.90 Å². The predicted octanol–water partition coefficient (Wildman–Crippen LogP) is 3.66. The van der Waals surface area contributed by atoms with Gasteiger partial charge in [0.2, 0.25) is 0 Å². The van der Waals surface area contributed by atoms with E-state index in [1.807, 2.05) is 18.2 Å². The molecule has 0 saturated carbocycles. The van der Waals surface area contributed by atoms with Gasteiger partial charge in [-0.25, -0.2) is 4.79 Å². The maximum Gasteiger partial charge on any atom is 0.419 e. The molecule has 1 fully saturated rings. The van der Waals surface area contributed by atoms with Crippen LogP contribution in [0.1, 0.15) is 25.3 Å². The summed E-state index contributed by atoms with van der Waals surface area (Å²) in [4.78, 5) is 40.0. The van der Waals surface area contributed by atoms with E-state index in [9.17, 15) is 14.4 Å². The van der Waals surface area contributed by atoms with E-state index in [1.54, 1.807) is 43.5 Å². The molecule has 0 aromatic heterocycles. The lowest BCUT2D eigenvalue weighted by Crippen LogP contribution is -2.55. The van der Waals surface area contributed by atoms with Crippen molar-refractivity contribution in [1.29, 1.82) is 0 Å². The summed E-state index contributed by atoms with van der Waals surface area (Å²) in [6.45, 7) is 2.23. The van der Waals surface area contributed by atoms with Crippen LogP contribution in [0.4, 0.5) is 4.79 Å². The van der Waals surface area contributed by atoms with Gasteiger partial charge in [-0.1, -0.05) is 30.3 Å². The van der Waals surface area contributed by atoms with Crippen LogP contribution in [0.2, 0.25) is 0 Å². The SMILES string of the molecule is COc1ccc(C[C@H]2[C@H](OC(C)=O)C(=O)C=C(CCC3OCCO3)N2C(=O)Oc2ccccc2)cc1. The zero-order valence-corrected chi connectivity index (χ0v) is 20.3. The average molecular weight is 496 g/mol. The molecule has 36 heavy (non-hydrogen) atoms. The molecule has 0 spiro atoms. The Morgan fingerprint density at radius 2 is 1.69 bits per heavy atom. The standard InChI is InChI=1S/C27H29NO8/c1-18(29)35-26-23(16-19-8-11-21(32-2)12-9-19)28(27(31)36-22-6-4-3-5-7-22)20(17-24(26)30)10-13-25-33-14-15-34-25/h3-9,11-12,17,23,25-26H,10,13-16H2,1-2H3/t23-,26-/m0/s1. The first-order valence-electron chi connectivity index (χ1n) is 11.8. The third kappa shape index (κ3) is 6.30. The third-order valence-electron chi connectivity index (χ3n) is 5.95. The summed E-state index contributed by atoms with van der Waals surface area (Å²) in [5.41, 5.74) is 1.27. The Labute approximate surface area is 209 Å². The Morgan fingerprint density at radius 3 is 2.33 bits per heavy atom. The Kier molecular flexibility index (Phi) is 8.35. The molecule has 0 bridgehead atoms. The van der Waals surface area contributed by atoms with Crippen molar-refractivity contribution in [3.8, 4) is 11.5 Å². The van der Waals surface area contributed by atoms with Crippen LogP contribution in [0.5, 0.6) is 11.5 Å². The number of carbonyl (C=O) groups excluding carboxylic acids is 3. The highest BCUT2D eigenvalue weighted by Gasteiger charge is 2.43. The number of allylic oxidation sites excluding steroid dienone is 1. The summed E-state index contributed by atoms with van der Waals surface area (Å²) >= 11 is 0. The van der Waals surface area contributed by atoms with Gasteiger partial charge in [-0.3, -0.25) is 14.5 Å².